The monoisotopic (exact) mass is 430 g/mol. The Kier molecular flexibility index (Phi) is 9.84. The van der Waals surface area contributed by atoms with Gasteiger partial charge in [0.1, 0.15) is 6.04 Å². The van der Waals surface area contributed by atoms with E-state index < -0.39 is 6.04 Å². The van der Waals surface area contributed by atoms with E-state index in [0.717, 1.165) is 17.5 Å². The highest BCUT2D eigenvalue weighted by atomic mass is 35.5. The van der Waals surface area contributed by atoms with Gasteiger partial charge in [-0.2, -0.15) is 0 Å². The van der Waals surface area contributed by atoms with E-state index in [2.05, 4.69) is 5.32 Å². The minimum absolute atomic E-state index is 0.105. The van der Waals surface area contributed by atoms with Crippen LogP contribution >= 0.6 is 11.6 Å². The number of carbonyl (C=O) groups excluding carboxylic acids is 2. The first-order chi connectivity index (χ1) is 14.4. The topological polar surface area (TPSA) is 58.6 Å². The van der Waals surface area contributed by atoms with Gasteiger partial charge < -0.3 is 15.0 Å². The molecule has 0 radical (unpaired) electrons. The van der Waals surface area contributed by atoms with Crippen molar-refractivity contribution in [1.82, 2.24) is 10.2 Å². The van der Waals surface area contributed by atoms with Gasteiger partial charge >= 0.3 is 0 Å². The minimum Gasteiger partial charge on any atom is -0.379 e. The molecule has 0 aliphatic heterocycles. The van der Waals surface area contributed by atoms with E-state index in [0.29, 0.717) is 24.7 Å². The van der Waals surface area contributed by atoms with Crippen molar-refractivity contribution < 1.29 is 14.3 Å². The fourth-order valence-corrected chi connectivity index (χ4v) is 3.12. The van der Waals surface area contributed by atoms with E-state index in [1.165, 1.54) is 0 Å². The van der Waals surface area contributed by atoms with Crippen molar-refractivity contribution in [1.29, 1.82) is 0 Å². The lowest BCUT2D eigenvalue weighted by atomic mass is 10.1. The first-order valence-electron chi connectivity index (χ1n) is 10.3. The first-order valence-corrected chi connectivity index (χ1v) is 10.7. The molecule has 162 valence electrons. The summed E-state index contributed by atoms with van der Waals surface area (Å²) < 4.78 is 5.50. The van der Waals surface area contributed by atoms with Crippen LogP contribution in [0.25, 0.3) is 0 Å². The van der Waals surface area contributed by atoms with E-state index in [4.69, 9.17) is 16.3 Å². The molecule has 0 saturated carbocycles. The maximum absolute atomic E-state index is 13.1. The van der Waals surface area contributed by atoms with Crippen LogP contribution in [-0.4, -0.2) is 42.0 Å². The van der Waals surface area contributed by atoms with Gasteiger partial charge in [-0.15, -0.1) is 0 Å². The van der Waals surface area contributed by atoms with E-state index in [1.54, 1.807) is 24.0 Å². The highest BCUT2D eigenvalue weighted by Crippen LogP contribution is 2.14. The molecule has 0 aromatic heterocycles. The maximum atomic E-state index is 13.1. The molecule has 1 N–H and O–H groups in total. The van der Waals surface area contributed by atoms with E-state index in [-0.39, 0.29) is 24.3 Å². The van der Waals surface area contributed by atoms with E-state index >= 15 is 0 Å². The summed E-state index contributed by atoms with van der Waals surface area (Å²) >= 11 is 5.94. The summed E-state index contributed by atoms with van der Waals surface area (Å²) in [5, 5.41) is 3.54. The molecule has 2 amide bonds. The van der Waals surface area contributed by atoms with Crippen LogP contribution in [0, 0.1) is 0 Å². The van der Waals surface area contributed by atoms with Crippen molar-refractivity contribution >= 4 is 23.4 Å². The molecule has 0 bridgehead atoms. The quantitative estimate of drug-likeness (QED) is 0.542. The maximum Gasteiger partial charge on any atom is 0.242 e. The molecule has 2 aromatic rings. The van der Waals surface area contributed by atoms with Crippen molar-refractivity contribution in [3.63, 3.8) is 0 Å². The van der Waals surface area contributed by atoms with Crippen LogP contribution in [-0.2, 0) is 27.3 Å². The predicted molar refractivity (Wildman–Crippen MR) is 120 cm³/mol. The van der Waals surface area contributed by atoms with Crippen molar-refractivity contribution in [2.24, 2.45) is 0 Å². The Balaban J connectivity index is 2.03. The molecule has 0 aliphatic carbocycles. The van der Waals surface area contributed by atoms with Gasteiger partial charge in [-0.1, -0.05) is 54.1 Å². The van der Waals surface area contributed by atoms with Crippen LogP contribution < -0.4 is 5.32 Å². The molecular weight excluding hydrogens is 400 g/mol. The Morgan fingerprint density at radius 3 is 2.30 bits per heavy atom. The molecule has 0 saturated heterocycles. The zero-order chi connectivity index (χ0) is 21.9. The van der Waals surface area contributed by atoms with Crippen molar-refractivity contribution in [2.45, 2.75) is 52.3 Å². The number of benzene rings is 2. The lowest BCUT2D eigenvalue weighted by Gasteiger charge is -2.29. The second-order valence-corrected chi connectivity index (χ2v) is 7.99. The average molecular weight is 431 g/mol. The lowest BCUT2D eigenvalue weighted by molar-refractivity contribution is -0.140. The molecule has 5 nitrogen and oxygen atoms in total. The van der Waals surface area contributed by atoms with Crippen LogP contribution in [0.3, 0.4) is 0 Å². The number of halogens is 1. The number of nitrogens with one attached hydrogen (secondary N) is 1. The van der Waals surface area contributed by atoms with Gasteiger partial charge in [0.2, 0.25) is 11.8 Å². The summed E-state index contributed by atoms with van der Waals surface area (Å²) in [5.41, 5.74) is 1.84. The predicted octanol–water partition coefficient (Wildman–Crippen LogP) is 4.23. The smallest absolute Gasteiger partial charge is 0.242 e. The molecule has 0 spiro atoms. The van der Waals surface area contributed by atoms with Crippen LogP contribution in [0.4, 0.5) is 0 Å². The second-order valence-electron chi connectivity index (χ2n) is 7.55. The van der Waals surface area contributed by atoms with Crippen molar-refractivity contribution in [3.05, 3.63) is 70.7 Å². The van der Waals surface area contributed by atoms with Crippen molar-refractivity contribution in [2.75, 3.05) is 13.2 Å². The molecule has 0 heterocycles. The molecule has 2 aromatic carbocycles. The number of hydrogen-bond donors (Lipinski definition) is 1. The number of hydrogen-bond acceptors (Lipinski definition) is 3. The molecule has 1 unspecified atom stereocenters. The summed E-state index contributed by atoms with van der Waals surface area (Å²) in [6.45, 7) is 7.21. The third-order valence-electron chi connectivity index (χ3n) is 4.70. The van der Waals surface area contributed by atoms with Gasteiger partial charge in [0, 0.05) is 24.7 Å². The van der Waals surface area contributed by atoms with Gasteiger partial charge in [-0.25, -0.2) is 0 Å². The SMILES string of the molecule is CC(C)OCCCNC(=O)C(C)N(Cc1ccccc1)C(=O)Cc1ccc(Cl)cc1. The van der Waals surface area contributed by atoms with Crippen LogP contribution in [0.2, 0.25) is 5.02 Å². The Morgan fingerprint density at radius 2 is 1.67 bits per heavy atom. The Hall–Kier alpha value is -2.37. The molecule has 30 heavy (non-hydrogen) atoms. The molecule has 2 rings (SSSR count). The number of rotatable bonds is 11. The van der Waals surface area contributed by atoms with Gasteiger partial charge in [-0.05, 0) is 50.5 Å². The third-order valence-corrected chi connectivity index (χ3v) is 4.96. The van der Waals surface area contributed by atoms with Crippen LogP contribution in [0.1, 0.15) is 38.3 Å². The summed E-state index contributed by atoms with van der Waals surface area (Å²) in [5.74, 6) is -0.271. The highest BCUT2D eigenvalue weighted by Gasteiger charge is 2.26. The Labute approximate surface area is 184 Å². The summed E-state index contributed by atoms with van der Waals surface area (Å²) in [4.78, 5) is 27.4. The van der Waals surface area contributed by atoms with Gasteiger partial charge in [0.05, 0.1) is 12.5 Å². The zero-order valence-corrected chi connectivity index (χ0v) is 18.7. The standard InChI is InChI=1S/C24H31ClN2O3/c1-18(2)30-15-7-14-26-24(29)19(3)27(17-21-8-5-4-6-9-21)23(28)16-20-10-12-22(25)13-11-20/h4-6,8-13,18-19H,7,14-17H2,1-3H3,(H,26,29). The number of amides is 2. The van der Waals surface area contributed by atoms with Crippen LogP contribution in [0.5, 0.6) is 0 Å². The molecular formula is C24H31ClN2O3. The fraction of sp³-hybridized carbons (Fsp3) is 0.417. The summed E-state index contributed by atoms with van der Waals surface area (Å²) in [7, 11) is 0. The molecule has 0 fully saturated rings. The van der Waals surface area contributed by atoms with Crippen LogP contribution in [0.15, 0.2) is 54.6 Å². The summed E-state index contributed by atoms with van der Waals surface area (Å²) in [6, 6.07) is 16.3. The van der Waals surface area contributed by atoms with Gasteiger partial charge in [-0.3, -0.25) is 9.59 Å². The fourth-order valence-electron chi connectivity index (χ4n) is 2.99. The highest BCUT2D eigenvalue weighted by molar-refractivity contribution is 6.30. The normalized spacial score (nSPS) is 11.9. The average Bonchev–Trinajstić information content (AvgIpc) is 2.73. The molecule has 6 heteroatoms. The van der Waals surface area contributed by atoms with Crippen molar-refractivity contribution in [3.8, 4) is 0 Å². The second kappa shape index (κ2) is 12.4. The lowest BCUT2D eigenvalue weighted by Crippen LogP contribution is -2.48. The number of nitrogens with zero attached hydrogens (tertiary/aromatic N) is 1. The van der Waals surface area contributed by atoms with E-state index in [1.807, 2.05) is 56.3 Å². The minimum atomic E-state index is -0.587. The largest absolute Gasteiger partial charge is 0.379 e. The molecule has 1 atom stereocenters. The number of carbonyl (C=O) groups is 2. The zero-order valence-electron chi connectivity index (χ0n) is 17.9. The third kappa shape index (κ3) is 8.17. The number of ether oxygens (including phenoxy) is 1. The summed E-state index contributed by atoms with van der Waals surface area (Å²) in [6.07, 6.45) is 1.12. The van der Waals surface area contributed by atoms with Gasteiger partial charge in [0.25, 0.3) is 0 Å². The van der Waals surface area contributed by atoms with E-state index in [9.17, 15) is 9.59 Å². The first kappa shape index (κ1) is 23.9. The Bertz CT molecular complexity index is 794. The Morgan fingerprint density at radius 1 is 1.00 bits per heavy atom. The van der Waals surface area contributed by atoms with Gasteiger partial charge in [0.15, 0.2) is 0 Å². The molecule has 0 aliphatic rings.